The van der Waals surface area contributed by atoms with E-state index in [9.17, 15) is 9.18 Å². The topological polar surface area (TPSA) is 46.4 Å². The van der Waals surface area contributed by atoms with Gasteiger partial charge in [-0.25, -0.2) is 14.0 Å². The first-order valence-electron chi connectivity index (χ1n) is 8.77. The van der Waals surface area contributed by atoms with Crippen LogP contribution < -0.4 is 0 Å². The summed E-state index contributed by atoms with van der Waals surface area (Å²) in [6, 6.07) is 4.67. The summed E-state index contributed by atoms with van der Waals surface area (Å²) in [4.78, 5) is 19.5. The van der Waals surface area contributed by atoms with E-state index in [-0.39, 0.29) is 23.9 Å². The molecule has 2 aliphatic heterocycles. The maximum atomic E-state index is 13.5. The minimum atomic E-state index is -0.511. The van der Waals surface area contributed by atoms with Crippen LogP contribution in [0.1, 0.15) is 32.4 Å². The zero-order valence-corrected chi connectivity index (χ0v) is 15.4. The predicted molar refractivity (Wildman–Crippen MR) is 94.5 cm³/mol. The summed E-state index contributed by atoms with van der Waals surface area (Å²) >= 11 is 0. The Morgan fingerprint density at radius 2 is 2.12 bits per heavy atom. The molecule has 0 aromatic heterocycles. The number of morpholine rings is 1. The summed E-state index contributed by atoms with van der Waals surface area (Å²) in [6.45, 7) is 15.7. The Morgan fingerprint density at radius 1 is 1.35 bits per heavy atom. The maximum Gasteiger partial charge on any atom is 0.410 e. The molecule has 0 radical (unpaired) electrons. The molecule has 0 unspecified atom stereocenters. The van der Waals surface area contributed by atoms with Crippen molar-refractivity contribution in [2.24, 2.45) is 0 Å². The van der Waals surface area contributed by atoms with Crippen LogP contribution in [0.4, 0.5) is 14.9 Å². The molecule has 2 atom stereocenters. The van der Waals surface area contributed by atoms with Gasteiger partial charge in [0, 0.05) is 26.2 Å². The van der Waals surface area contributed by atoms with Crippen molar-refractivity contribution in [1.82, 2.24) is 9.80 Å². The molecule has 0 saturated carbocycles. The third-order valence-electron chi connectivity index (χ3n) is 4.61. The van der Waals surface area contributed by atoms with Gasteiger partial charge in [-0.05, 0) is 38.5 Å². The number of nitrogens with zero attached hydrogens (tertiary/aromatic N) is 3. The Labute approximate surface area is 153 Å². The van der Waals surface area contributed by atoms with E-state index in [2.05, 4.69) is 9.74 Å². The number of piperazine rings is 1. The van der Waals surface area contributed by atoms with E-state index in [1.165, 1.54) is 6.07 Å². The first kappa shape index (κ1) is 18.6. The van der Waals surface area contributed by atoms with Crippen molar-refractivity contribution in [3.8, 4) is 0 Å². The summed E-state index contributed by atoms with van der Waals surface area (Å²) in [6.07, 6.45) is -0.486. The number of fused-ring (bicyclic) bond motifs is 1. The highest BCUT2D eigenvalue weighted by atomic mass is 19.1. The molecule has 26 heavy (non-hydrogen) atoms. The molecule has 0 spiro atoms. The van der Waals surface area contributed by atoms with E-state index >= 15 is 0 Å². The zero-order chi connectivity index (χ0) is 18.9. The van der Waals surface area contributed by atoms with Crippen molar-refractivity contribution in [2.45, 2.75) is 38.5 Å². The number of amides is 1. The van der Waals surface area contributed by atoms with Gasteiger partial charge in [-0.15, -0.1) is 0 Å². The van der Waals surface area contributed by atoms with Gasteiger partial charge in [0.2, 0.25) is 5.69 Å². The molecule has 140 valence electrons. The van der Waals surface area contributed by atoms with Crippen molar-refractivity contribution in [3.05, 3.63) is 41.0 Å². The molecule has 0 bridgehead atoms. The van der Waals surface area contributed by atoms with Crippen molar-refractivity contribution in [3.63, 3.8) is 0 Å². The molecule has 6 nitrogen and oxygen atoms in total. The van der Waals surface area contributed by atoms with Crippen molar-refractivity contribution in [1.29, 1.82) is 0 Å². The normalized spacial score (nSPS) is 23.9. The predicted octanol–water partition coefficient (Wildman–Crippen LogP) is 3.37. The average Bonchev–Trinajstić information content (AvgIpc) is 2.59. The minimum Gasteiger partial charge on any atom is -0.444 e. The Bertz CT molecular complexity index is 726. The molecule has 0 N–H and O–H groups in total. The van der Waals surface area contributed by atoms with Gasteiger partial charge in [-0.3, -0.25) is 4.90 Å². The largest absolute Gasteiger partial charge is 0.444 e. The van der Waals surface area contributed by atoms with Gasteiger partial charge in [0.15, 0.2) is 0 Å². The summed E-state index contributed by atoms with van der Waals surface area (Å²) in [5.74, 6) is -0.511. The van der Waals surface area contributed by atoms with Crippen LogP contribution in [0.15, 0.2) is 18.2 Å². The summed E-state index contributed by atoms with van der Waals surface area (Å²) in [7, 11) is 0. The highest BCUT2D eigenvalue weighted by Crippen LogP contribution is 2.30. The number of hydrogen-bond donors (Lipinski definition) is 0. The minimum absolute atomic E-state index is 0.0166. The average molecular weight is 361 g/mol. The Morgan fingerprint density at radius 3 is 2.81 bits per heavy atom. The fourth-order valence-corrected chi connectivity index (χ4v) is 3.29. The molecule has 1 aromatic rings. The zero-order valence-electron chi connectivity index (χ0n) is 15.4. The van der Waals surface area contributed by atoms with E-state index in [1.807, 2.05) is 20.8 Å². The second kappa shape index (κ2) is 7.22. The Kier molecular flexibility index (Phi) is 5.17. The summed E-state index contributed by atoms with van der Waals surface area (Å²) in [5.41, 5.74) is 0.319. The number of benzene rings is 1. The first-order chi connectivity index (χ1) is 12.3. The van der Waals surface area contributed by atoms with E-state index in [4.69, 9.17) is 16.0 Å². The molecule has 7 heteroatoms. The molecule has 1 amide bonds. The molecular weight excluding hydrogens is 337 g/mol. The molecule has 2 saturated heterocycles. The summed E-state index contributed by atoms with van der Waals surface area (Å²) < 4.78 is 24.9. The SMILES string of the molecule is [C-]#[N+]c1cc([C@H]2CN3CCN(C(=O)OC(C)(C)C)C[C@@H]3CO2)ccc1F. The smallest absolute Gasteiger partial charge is 0.410 e. The highest BCUT2D eigenvalue weighted by Gasteiger charge is 2.36. The van der Waals surface area contributed by atoms with Gasteiger partial charge in [-0.2, -0.15) is 0 Å². The lowest BCUT2D eigenvalue weighted by Gasteiger charge is -2.46. The second-order valence-electron chi connectivity index (χ2n) is 7.72. The summed E-state index contributed by atoms with van der Waals surface area (Å²) in [5, 5.41) is 0. The van der Waals surface area contributed by atoms with Crippen LogP contribution in [0.2, 0.25) is 0 Å². The third kappa shape index (κ3) is 4.14. The van der Waals surface area contributed by atoms with Gasteiger partial charge in [0.25, 0.3) is 0 Å². The van der Waals surface area contributed by atoms with Crippen LogP contribution in [-0.4, -0.2) is 60.3 Å². The van der Waals surface area contributed by atoms with Gasteiger partial charge >= 0.3 is 6.09 Å². The van der Waals surface area contributed by atoms with Crippen LogP contribution >= 0.6 is 0 Å². The van der Waals surface area contributed by atoms with E-state index in [1.54, 1.807) is 17.0 Å². The monoisotopic (exact) mass is 361 g/mol. The fraction of sp³-hybridized carbons (Fsp3) is 0.579. The van der Waals surface area contributed by atoms with E-state index in [0.29, 0.717) is 26.2 Å². The second-order valence-corrected chi connectivity index (χ2v) is 7.72. The molecular formula is C19H24FN3O3. The van der Waals surface area contributed by atoms with Crippen LogP contribution in [0.5, 0.6) is 0 Å². The number of carbonyl (C=O) groups is 1. The number of ether oxygens (including phenoxy) is 2. The lowest BCUT2D eigenvalue weighted by Crippen LogP contribution is -2.59. The van der Waals surface area contributed by atoms with Crippen LogP contribution in [0.25, 0.3) is 4.85 Å². The van der Waals surface area contributed by atoms with Crippen LogP contribution in [0, 0.1) is 12.4 Å². The maximum absolute atomic E-state index is 13.5. The van der Waals surface area contributed by atoms with E-state index < -0.39 is 11.4 Å². The third-order valence-corrected chi connectivity index (χ3v) is 4.61. The van der Waals surface area contributed by atoms with Gasteiger partial charge in [-0.1, -0.05) is 6.07 Å². The molecule has 2 heterocycles. The number of carbonyl (C=O) groups excluding carboxylic acids is 1. The van der Waals surface area contributed by atoms with Gasteiger partial charge < -0.3 is 14.4 Å². The van der Waals surface area contributed by atoms with Crippen molar-refractivity contribution >= 4 is 11.8 Å². The quantitative estimate of drug-likeness (QED) is 0.720. The van der Waals surface area contributed by atoms with Crippen LogP contribution in [-0.2, 0) is 9.47 Å². The van der Waals surface area contributed by atoms with Crippen molar-refractivity contribution < 1.29 is 18.7 Å². The highest BCUT2D eigenvalue weighted by molar-refractivity contribution is 5.68. The van der Waals surface area contributed by atoms with Gasteiger partial charge in [0.05, 0.1) is 25.3 Å². The molecule has 2 fully saturated rings. The van der Waals surface area contributed by atoms with E-state index in [0.717, 1.165) is 12.1 Å². The first-order valence-corrected chi connectivity index (χ1v) is 8.77. The van der Waals surface area contributed by atoms with Gasteiger partial charge in [0.1, 0.15) is 11.4 Å². The number of halogens is 1. The standard InChI is InChI=1S/C19H24FN3O3/c1-19(2,3)26-18(24)23-8-7-22-11-17(25-12-14(22)10-23)13-5-6-15(20)16(9-13)21-4/h5-6,9,14,17H,7-8,10-12H2,1-3H3/t14-,17-/m1/s1. The van der Waals surface area contributed by atoms with Crippen LogP contribution in [0.3, 0.4) is 0 Å². The molecule has 1 aromatic carbocycles. The number of hydrogen-bond acceptors (Lipinski definition) is 4. The van der Waals surface area contributed by atoms with Crippen molar-refractivity contribution in [2.75, 3.05) is 32.8 Å². The Hall–Kier alpha value is -2.17. The Balaban J connectivity index is 1.62. The molecule has 3 rings (SSSR count). The molecule has 2 aliphatic rings. The molecule has 0 aliphatic carbocycles. The number of rotatable bonds is 1. The lowest BCUT2D eigenvalue weighted by molar-refractivity contribution is -0.0906. The fourth-order valence-electron chi connectivity index (χ4n) is 3.29. The lowest BCUT2D eigenvalue weighted by atomic mass is 10.0.